The van der Waals surface area contributed by atoms with E-state index in [1.807, 2.05) is 0 Å². The van der Waals surface area contributed by atoms with Crippen LogP contribution in [0.15, 0.2) is 24.4 Å². The fourth-order valence-electron chi connectivity index (χ4n) is 1.60. The third-order valence-corrected chi connectivity index (χ3v) is 2.72. The number of ether oxygens (including phenoxy) is 1. The first-order valence-electron chi connectivity index (χ1n) is 5.63. The van der Waals surface area contributed by atoms with E-state index in [4.69, 9.17) is 21.6 Å². The Kier molecular flexibility index (Phi) is 4.30. The van der Waals surface area contributed by atoms with E-state index in [9.17, 15) is 9.18 Å². The summed E-state index contributed by atoms with van der Waals surface area (Å²) in [6, 6.07) is 5.77. The Morgan fingerprint density at radius 2 is 2.29 bits per heavy atom. The van der Waals surface area contributed by atoms with Crippen molar-refractivity contribution in [3.63, 3.8) is 0 Å². The van der Waals surface area contributed by atoms with Crippen LogP contribution in [0.3, 0.4) is 0 Å². The summed E-state index contributed by atoms with van der Waals surface area (Å²) >= 11 is 5.61. The Balaban J connectivity index is 2.40. The average Bonchev–Trinajstić information content (AvgIpc) is 2.47. The zero-order valence-electron chi connectivity index (χ0n) is 10.7. The second-order valence-corrected chi connectivity index (χ2v) is 4.12. The molecule has 106 valence electrons. The van der Waals surface area contributed by atoms with E-state index in [0.29, 0.717) is 0 Å². The Bertz CT molecular complexity index is 745. The maximum absolute atomic E-state index is 13.8. The van der Waals surface area contributed by atoms with Gasteiger partial charge in [-0.3, -0.25) is 4.79 Å². The number of nitrogens with one attached hydrogen (secondary N) is 1. The van der Waals surface area contributed by atoms with Crippen LogP contribution in [0.4, 0.5) is 10.2 Å². The van der Waals surface area contributed by atoms with Gasteiger partial charge in [0.25, 0.3) is 5.91 Å². The molecule has 1 amide bonds. The first-order valence-corrected chi connectivity index (χ1v) is 6.01. The van der Waals surface area contributed by atoms with Crippen molar-refractivity contribution in [1.82, 2.24) is 9.97 Å². The molecule has 0 spiro atoms. The lowest BCUT2D eigenvalue weighted by molar-refractivity contribution is 0.101. The maximum atomic E-state index is 13.8. The summed E-state index contributed by atoms with van der Waals surface area (Å²) in [4.78, 5) is 19.5. The van der Waals surface area contributed by atoms with E-state index in [-0.39, 0.29) is 28.0 Å². The Labute approximate surface area is 124 Å². The molecule has 0 unspecified atom stereocenters. The van der Waals surface area contributed by atoms with Gasteiger partial charge in [0.15, 0.2) is 5.82 Å². The molecular formula is C13H8ClFN4O2. The molecule has 6 nitrogen and oxygen atoms in total. The lowest BCUT2D eigenvalue weighted by Crippen LogP contribution is -2.17. The van der Waals surface area contributed by atoms with Crippen LogP contribution in [0.2, 0.25) is 5.28 Å². The van der Waals surface area contributed by atoms with Gasteiger partial charge in [-0.15, -0.1) is 0 Å². The minimum atomic E-state index is -0.809. The molecule has 1 aromatic heterocycles. The number of rotatable bonds is 3. The van der Waals surface area contributed by atoms with Gasteiger partial charge in [-0.25, -0.2) is 9.37 Å². The molecule has 1 N–H and O–H groups in total. The number of carbonyl (C=O) groups excluding carboxylic acids is 1. The van der Waals surface area contributed by atoms with Gasteiger partial charge in [0, 0.05) is 0 Å². The first-order chi connectivity index (χ1) is 10.1. The number of nitrogens with zero attached hydrogens (tertiary/aromatic N) is 3. The summed E-state index contributed by atoms with van der Waals surface area (Å²) in [6.45, 7) is 0. The quantitative estimate of drug-likeness (QED) is 0.880. The summed E-state index contributed by atoms with van der Waals surface area (Å²) < 4.78 is 18.7. The minimum absolute atomic E-state index is 0.00283. The second kappa shape index (κ2) is 6.15. The number of amides is 1. The summed E-state index contributed by atoms with van der Waals surface area (Å²) in [7, 11) is 1.31. The zero-order chi connectivity index (χ0) is 15.4. The molecule has 2 rings (SSSR count). The highest BCUT2D eigenvalue weighted by Gasteiger charge is 2.19. The normalized spacial score (nSPS) is 9.81. The fourth-order valence-corrected chi connectivity index (χ4v) is 1.74. The van der Waals surface area contributed by atoms with Gasteiger partial charge in [-0.05, 0) is 23.7 Å². The van der Waals surface area contributed by atoms with Crippen molar-refractivity contribution in [3.05, 3.63) is 46.6 Å². The van der Waals surface area contributed by atoms with Crippen molar-refractivity contribution in [1.29, 1.82) is 5.26 Å². The smallest absolute Gasteiger partial charge is 0.263 e. The number of hydrogen-bond acceptors (Lipinski definition) is 5. The molecule has 1 aromatic carbocycles. The van der Waals surface area contributed by atoms with Crippen LogP contribution < -0.4 is 10.1 Å². The summed E-state index contributed by atoms with van der Waals surface area (Å²) in [5.41, 5.74) is -0.290. The second-order valence-electron chi connectivity index (χ2n) is 3.78. The van der Waals surface area contributed by atoms with Gasteiger partial charge < -0.3 is 10.1 Å². The van der Waals surface area contributed by atoms with E-state index in [0.717, 1.165) is 12.3 Å². The van der Waals surface area contributed by atoms with Gasteiger partial charge in [-0.1, -0.05) is 6.07 Å². The van der Waals surface area contributed by atoms with E-state index in [1.54, 1.807) is 6.07 Å². The van der Waals surface area contributed by atoms with Crippen LogP contribution in [-0.4, -0.2) is 23.0 Å². The first kappa shape index (κ1) is 14.7. The number of benzene rings is 1. The van der Waals surface area contributed by atoms with Gasteiger partial charge in [0.1, 0.15) is 28.8 Å². The largest absolute Gasteiger partial charge is 0.496 e. The van der Waals surface area contributed by atoms with E-state index < -0.39 is 11.7 Å². The van der Waals surface area contributed by atoms with Gasteiger partial charge in [0.2, 0.25) is 5.28 Å². The van der Waals surface area contributed by atoms with Crippen LogP contribution in [0.1, 0.15) is 15.9 Å². The van der Waals surface area contributed by atoms with E-state index in [1.165, 1.54) is 19.2 Å². The maximum Gasteiger partial charge on any atom is 0.263 e. The molecule has 0 saturated carbocycles. The molecule has 0 aliphatic rings. The number of anilines is 1. The van der Waals surface area contributed by atoms with E-state index >= 15 is 0 Å². The van der Waals surface area contributed by atoms with Crippen molar-refractivity contribution in [3.8, 4) is 11.8 Å². The monoisotopic (exact) mass is 306 g/mol. The minimum Gasteiger partial charge on any atom is -0.496 e. The predicted octanol–water partition coefficient (Wildman–Crippen LogP) is 2.40. The molecule has 2 aromatic rings. The Hall–Kier alpha value is -2.72. The summed E-state index contributed by atoms with van der Waals surface area (Å²) in [5.74, 6) is -1.61. The van der Waals surface area contributed by atoms with Crippen LogP contribution in [0, 0.1) is 17.1 Å². The molecule has 0 atom stereocenters. The Morgan fingerprint density at radius 3 is 2.95 bits per heavy atom. The summed E-state index contributed by atoms with van der Waals surface area (Å²) in [5, 5.41) is 11.1. The third-order valence-electron chi connectivity index (χ3n) is 2.53. The molecular weight excluding hydrogens is 299 g/mol. The van der Waals surface area contributed by atoms with Crippen LogP contribution in [-0.2, 0) is 0 Å². The molecule has 1 heterocycles. The topological polar surface area (TPSA) is 87.9 Å². The number of carbonyl (C=O) groups is 1. The van der Waals surface area contributed by atoms with Crippen LogP contribution >= 0.6 is 11.6 Å². The molecule has 0 fully saturated rings. The molecule has 21 heavy (non-hydrogen) atoms. The number of nitriles is 1. The predicted molar refractivity (Wildman–Crippen MR) is 72.7 cm³/mol. The molecule has 0 aliphatic carbocycles. The van der Waals surface area contributed by atoms with Crippen molar-refractivity contribution in [2.45, 2.75) is 0 Å². The van der Waals surface area contributed by atoms with Gasteiger partial charge >= 0.3 is 0 Å². The molecule has 0 radical (unpaired) electrons. The number of aromatic nitrogens is 2. The van der Waals surface area contributed by atoms with Crippen molar-refractivity contribution in [2.75, 3.05) is 12.4 Å². The fraction of sp³-hybridized carbons (Fsp3) is 0.0769. The molecule has 8 heteroatoms. The Morgan fingerprint density at radius 1 is 1.52 bits per heavy atom. The van der Waals surface area contributed by atoms with Crippen LogP contribution in [0.25, 0.3) is 0 Å². The number of halogens is 2. The van der Waals surface area contributed by atoms with Gasteiger partial charge in [0.05, 0.1) is 13.3 Å². The lowest BCUT2D eigenvalue weighted by Gasteiger charge is -2.10. The lowest BCUT2D eigenvalue weighted by atomic mass is 10.1. The van der Waals surface area contributed by atoms with Crippen molar-refractivity contribution < 1.29 is 13.9 Å². The SMILES string of the molecule is COc1cccc(F)c1C(=O)Nc1nc(Cl)ncc1C#N. The highest BCUT2D eigenvalue weighted by molar-refractivity contribution is 6.28. The van der Waals surface area contributed by atoms with E-state index in [2.05, 4.69) is 15.3 Å². The van der Waals surface area contributed by atoms with Crippen molar-refractivity contribution >= 4 is 23.3 Å². The van der Waals surface area contributed by atoms with Gasteiger partial charge in [-0.2, -0.15) is 10.2 Å². The highest BCUT2D eigenvalue weighted by atomic mass is 35.5. The number of methoxy groups -OCH3 is 1. The third kappa shape index (κ3) is 3.07. The zero-order valence-corrected chi connectivity index (χ0v) is 11.5. The molecule has 0 saturated heterocycles. The highest BCUT2D eigenvalue weighted by Crippen LogP contribution is 2.23. The average molecular weight is 307 g/mol. The molecule has 0 aliphatic heterocycles. The number of hydrogen-bond donors (Lipinski definition) is 1. The van der Waals surface area contributed by atoms with Crippen LogP contribution in [0.5, 0.6) is 5.75 Å². The molecule has 0 bridgehead atoms. The standard InChI is InChI=1S/C13H8ClFN4O2/c1-21-9-4-2-3-8(15)10(9)12(20)18-11-7(5-16)6-17-13(14)19-11/h2-4,6H,1H3,(H,17,18,19,20). The summed E-state index contributed by atoms with van der Waals surface area (Å²) in [6.07, 6.45) is 1.16. The van der Waals surface area contributed by atoms with Crippen molar-refractivity contribution in [2.24, 2.45) is 0 Å².